The molecule has 1 saturated carbocycles. The van der Waals surface area contributed by atoms with E-state index < -0.39 is 0 Å². The van der Waals surface area contributed by atoms with Gasteiger partial charge in [-0.3, -0.25) is 4.79 Å². The SMILES string of the molecule is COc1ccc([C@]23CC[C@H](NC(=O)c4cccc(Br)c4)C[C@@H]2CN(C)C3)cc1OC. The summed E-state index contributed by atoms with van der Waals surface area (Å²) in [6.45, 7) is 2.07. The Morgan fingerprint density at radius 2 is 1.97 bits per heavy atom. The van der Waals surface area contributed by atoms with E-state index in [1.54, 1.807) is 14.2 Å². The zero-order valence-electron chi connectivity index (χ0n) is 17.8. The van der Waals surface area contributed by atoms with Crippen LogP contribution in [-0.4, -0.2) is 51.2 Å². The van der Waals surface area contributed by atoms with E-state index in [1.807, 2.05) is 30.3 Å². The number of carbonyl (C=O) groups is 1. The lowest BCUT2D eigenvalue weighted by Crippen LogP contribution is -2.47. The van der Waals surface area contributed by atoms with E-state index in [4.69, 9.17) is 9.47 Å². The van der Waals surface area contributed by atoms with Crippen molar-refractivity contribution >= 4 is 21.8 Å². The van der Waals surface area contributed by atoms with Crippen LogP contribution in [-0.2, 0) is 5.41 Å². The molecule has 0 bridgehead atoms. The third-order valence-electron chi connectivity index (χ3n) is 6.75. The van der Waals surface area contributed by atoms with Gasteiger partial charge >= 0.3 is 0 Å². The quantitative estimate of drug-likeness (QED) is 0.706. The van der Waals surface area contributed by atoms with E-state index in [0.717, 1.165) is 48.3 Å². The average molecular weight is 473 g/mol. The van der Waals surface area contributed by atoms with Gasteiger partial charge in [0.1, 0.15) is 0 Å². The van der Waals surface area contributed by atoms with Gasteiger partial charge in [0.15, 0.2) is 11.5 Å². The van der Waals surface area contributed by atoms with Gasteiger partial charge in [-0.25, -0.2) is 0 Å². The lowest BCUT2D eigenvalue weighted by Gasteiger charge is -2.43. The Labute approximate surface area is 186 Å². The first-order chi connectivity index (χ1) is 14.4. The van der Waals surface area contributed by atoms with Crippen molar-refractivity contribution in [2.24, 2.45) is 5.92 Å². The van der Waals surface area contributed by atoms with Crippen molar-refractivity contribution in [3.8, 4) is 11.5 Å². The highest BCUT2D eigenvalue weighted by atomic mass is 79.9. The second-order valence-electron chi connectivity index (χ2n) is 8.57. The Bertz CT molecular complexity index is 934. The molecule has 1 amide bonds. The molecule has 160 valence electrons. The molecule has 1 heterocycles. The van der Waals surface area contributed by atoms with Crippen LogP contribution in [0, 0.1) is 5.92 Å². The molecule has 1 N–H and O–H groups in total. The fourth-order valence-corrected chi connectivity index (χ4v) is 5.75. The maximum absolute atomic E-state index is 12.8. The highest BCUT2D eigenvalue weighted by Gasteiger charge is 2.50. The fraction of sp³-hybridized carbons (Fsp3) is 0.458. The van der Waals surface area contributed by atoms with Crippen LogP contribution in [0.5, 0.6) is 11.5 Å². The molecular formula is C24H29BrN2O3. The molecule has 2 fully saturated rings. The van der Waals surface area contributed by atoms with E-state index in [2.05, 4.69) is 45.3 Å². The van der Waals surface area contributed by atoms with Crippen molar-refractivity contribution < 1.29 is 14.3 Å². The van der Waals surface area contributed by atoms with Gasteiger partial charge in [-0.15, -0.1) is 0 Å². The molecule has 1 saturated heterocycles. The number of carbonyl (C=O) groups excluding carboxylic acids is 1. The van der Waals surface area contributed by atoms with E-state index in [-0.39, 0.29) is 17.4 Å². The number of likely N-dealkylation sites (N-methyl/N-ethyl adjacent to an activating group) is 1. The van der Waals surface area contributed by atoms with Crippen molar-refractivity contribution in [1.29, 1.82) is 0 Å². The molecule has 4 rings (SSSR count). The Kier molecular flexibility index (Phi) is 6.07. The Morgan fingerprint density at radius 3 is 2.70 bits per heavy atom. The molecule has 0 radical (unpaired) electrons. The van der Waals surface area contributed by atoms with Gasteiger partial charge in [0.25, 0.3) is 5.91 Å². The maximum Gasteiger partial charge on any atom is 0.251 e. The molecule has 30 heavy (non-hydrogen) atoms. The molecule has 2 aromatic rings. The van der Waals surface area contributed by atoms with Gasteiger partial charge < -0.3 is 19.7 Å². The van der Waals surface area contributed by atoms with Crippen LogP contribution >= 0.6 is 15.9 Å². The molecule has 6 heteroatoms. The number of ether oxygens (including phenoxy) is 2. The zero-order valence-corrected chi connectivity index (χ0v) is 19.4. The first-order valence-electron chi connectivity index (χ1n) is 10.4. The number of nitrogens with one attached hydrogen (secondary N) is 1. The highest BCUT2D eigenvalue weighted by molar-refractivity contribution is 9.10. The summed E-state index contributed by atoms with van der Waals surface area (Å²) in [5, 5.41) is 3.28. The minimum atomic E-state index is 0.00580. The number of hydrogen-bond acceptors (Lipinski definition) is 4. The molecular weight excluding hydrogens is 444 g/mol. The van der Waals surface area contributed by atoms with Gasteiger partial charge in [0.05, 0.1) is 14.2 Å². The van der Waals surface area contributed by atoms with Crippen LogP contribution in [0.2, 0.25) is 0 Å². The Hall–Kier alpha value is -2.05. The molecule has 0 unspecified atom stereocenters. The summed E-state index contributed by atoms with van der Waals surface area (Å²) in [5.74, 6) is 2.03. The lowest BCUT2D eigenvalue weighted by atomic mass is 9.63. The minimum Gasteiger partial charge on any atom is -0.493 e. The van der Waals surface area contributed by atoms with Gasteiger partial charge in [-0.1, -0.05) is 28.1 Å². The zero-order chi connectivity index (χ0) is 21.3. The molecule has 0 aromatic heterocycles. The molecule has 3 atom stereocenters. The predicted molar refractivity (Wildman–Crippen MR) is 121 cm³/mol. The monoisotopic (exact) mass is 472 g/mol. The summed E-state index contributed by atoms with van der Waals surface area (Å²) < 4.78 is 11.9. The van der Waals surface area contributed by atoms with Crippen molar-refractivity contribution in [2.75, 3.05) is 34.4 Å². The number of methoxy groups -OCH3 is 2. The second kappa shape index (κ2) is 8.60. The number of likely N-dealkylation sites (tertiary alicyclic amines) is 1. The van der Waals surface area contributed by atoms with Crippen LogP contribution in [0.25, 0.3) is 0 Å². The lowest BCUT2D eigenvalue weighted by molar-refractivity contribution is 0.0904. The van der Waals surface area contributed by atoms with Crippen molar-refractivity contribution in [2.45, 2.75) is 30.7 Å². The molecule has 5 nitrogen and oxygen atoms in total. The van der Waals surface area contributed by atoms with Gasteiger partial charge in [-0.05, 0) is 68.1 Å². The standard InChI is InChI=1S/C24H29BrN2O3/c1-27-14-18-12-20(26-23(28)16-5-4-6-19(25)11-16)9-10-24(18,15-27)17-7-8-21(29-2)22(13-17)30-3/h4-8,11,13,18,20H,9-10,12,14-15H2,1-3H3,(H,26,28)/t18-,20+,24-/m1/s1. The third-order valence-corrected chi connectivity index (χ3v) is 7.25. The van der Waals surface area contributed by atoms with Crippen molar-refractivity contribution in [1.82, 2.24) is 10.2 Å². The molecule has 2 aromatic carbocycles. The summed E-state index contributed by atoms with van der Waals surface area (Å²) in [6.07, 6.45) is 3.00. The van der Waals surface area contributed by atoms with Crippen molar-refractivity contribution in [3.63, 3.8) is 0 Å². The van der Waals surface area contributed by atoms with E-state index >= 15 is 0 Å². The number of rotatable bonds is 5. The Morgan fingerprint density at radius 1 is 1.17 bits per heavy atom. The van der Waals surface area contributed by atoms with Crippen molar-refractivity contribution in [3.05, 3.63) is 58.1 Å². The molecule has 2 aliphatic rings. The van der Waals surface area contributed by atoms with Gasteiger partial charge in [0, 0.05) is 34.6 Å². The van der Waals surface area contributed by atoms with E-state index in [1.165, 1.54) is 5.56 Å². The number of hydrogen-bond donors (Lipinski definition) is 1. The Balaban J connectivity index is 1.54. The number of halogens is 1. The maximum atomic E-state index is 12.8. The predicted octanol–water partition coefficient (Wildman–Crippen LogP) is 4.25. The smallest absolute Gasteiger partial charge is 0.251 e. The summed E-state index contributed by atoms with van der Waals surface area (Å²) in [4.78, 5) is 15.2. The van der Waals surface area contributed by atoms with Crippen LogP contribution in [0.3, 0.4) is 0 Å². The first kappa shape index (κ1) is 21.2. The van der Waals surface area contributed by atoms with Crippen LogP contribution in [0.15, 0.2) is 46.9 Å². The van der Waals surface area contributed by atoms with Crippen LogP contribution < -0.4 is 14.8 Å². The summed E-state index contributed by atoms with van der Waals surface area (Å²) >= 11 is 3.45. The molecule has 1 aliphatic carbocycles. The normalized spacial score (nSPS) is 26.1. The number of amides is 1. The van der Waals surface area contributed by atoms with Gasteiger partial charge in [-0.2, -0.15) is 0 Å². The number of fused-ring (bicyclic) bond motifs is 1. The second-order valence-corrected chi connectivity index (χ2v) is 9.49. The van der Waals surface area contributed by atoms with Gasteiger partial charge in [0.2, 0.25) is 0 Å². The van der Waals surface area contributed by atoms with E-state index in [9.17, 15) is 4.79 Å². The number of benzene rings is 2. The topological polar surface area (TPSA) is 50.8 Å². The molecule has 1 aliphatic heterocycles. The molecule has 0 spiro atoms. The third kappa shape index (κ3) is 3.95. The summed E-state index contributed by atoms with van der Waals surface area (Å²) in [6, 6.07) is 14.1. The average Bonchev–Trinajstić information content (AvgIpc) is 3.09. The summed E-state index contributed by atoms with van der Waals surface area (Å²) in [5.41, 5.74) is 2.10. The largest absolute Gasteiger partial charge is 0.493 e. The minimum absolute atomic E-state index is 0.00580. The van der Waals surface area contributed by atoms with E-state index in [0.29, 0.717) is 11.5 Å². The summed E-state index contributed by atoms with van der Waals surface area (Å²) in [7, 11) is 5.54. The fourth-order valence-electron chi connectivity index (χ4n) is 5.35. The highest BCUT2D eigenvalue weighted by Crippen LogP contribution is 2.49. The first-order valence-corrected chi connectivity index (χ1v) is 11.2. The van der Waals surface area contributed by atoms with Crippen LogP contribution in [0.4, 0.5) is 0 Å². The number of nitrogens with zero attached hydrogens (tertiary/aromatic N) is 1. The van der Waals surface area contributed by atoms with Crippen LogP contribution in [0.1, 0.15) is 35.2 Å².